The van der Waals surface area contributed by atoms with Crippen LogP contribution >= 0.6 is 0 Å². The summed E-state index contributed by atoms with van der Waals surface area (Å²) in [5.41, 5.74) is 0. The van der Waals surface area contributed by atoms with Gasteiger partial charge >= 0.3 is 6.18 Å². The van der Waals surface area contributed by atoms with Gasteiger partial charge in [0.15, 0.2) is 0 Å². The number of carbonyl (C=O) groups is 1. The highest BCUT2D eigenvalue weighted by Gasteiger charge is 2.36. The first-order valence-electron chi connectivity index (χ1n) is 7.48. The van der Waals surface area contributed by atoms with Crippen molar-refractivity contribution in [1.29, 1.82) is 0 Å². The van der Waals surface area contributed by atoms with E-state index < -0.39 is 12.7 Å². The topological polar surface area (TPSA) is 52.6 Å². The molecule has 1 aliphatic carbocycles. The van der Waals surface area contributed by atoms with Crippen LogP contribution in [0, 0.1) is 11.8 Å². The molecule has 0 bridgehead atoms. The van der Waals surface area contributed by atoms with E-state index in [0.717, 1.165) is 12.8 Å². The fourth-order valence-corrected chi connectivity index (χ4v) is 3.05. The first-order chi connectivity index (χ1) is 9.74. The van der Waals surface area contributed by atoms with Gasteiger partial charge < -0.3 is 15.3 Å². The zero-order valence-electron chi connectivity index (χ0n) is 12.2. The minimum atomic E-state index is -4.25. The Morgan fingerprint density at radius 1 is 1.38 bits per heavy atom. The van der Waals surface area contributed by atoms with Crippen molar-refractivity contribution in [1.82, 2.24) is 10.2 Å². The van der Waals surface area contributed by atoms with Crippen LogP contribution in [0.3, 0.4) is 0 Å². The van der Waals surface area contributed by atoms with E-state index in [1.165, 1.54) is 6.92 Å². The van der Waals surface area contributed by atoms with Gasteiger partial charge in [0, 0.05) is 26.1 Å². The number of halogens is 3. The Bertz CT molecular complexity index is 372. The number of alkyl halides is 3. The molecule has 4 nitrogen and oxygen atoms in total. The van der Waals surface area contributed by atoms with Crippen LogP contribution in [-0.4, -0.2) is 53.9 Å². The van der Waals surface area contributed by atoms with E-state index in [2.05, 4.69) is 5.32 Å². The molecule has 2 fully saturated rings. The standard InChI is InChI=1S/C14H23F3N2O2/c1-9(20)19-6-10(5-13(21)11-2-3-11)4-12(7-19)18-8-14(15,16)17/h10-13,18,21H,2-8H2,1H3. The number of rotatable bonds is 5. The number of nitrogens with one attached hydrogen (secondary N) is 1. The number of piperidine rings is 1. The molecule has 0 radical (unpaired) electrons. The predicted molar refractivity (Wildman–Crippen MR) is 71.6 cm³/mol. The molecule has 2 rings (SSSR count). The molecule has 1 saturated heterocycles. The second-order valence-electron chi connectivity index (χ2n) is 6.36. The molecule has 3 atom stereocenters. The Morgan fingerprint density at radius 3 is 2.57 bits per heavy atom. The highest BCUT2D eigenvalue weighted by molar-refractivity contribution is 5.73. The maximum atomic E-state index is 12.3. The fraction of sp³-hybridized carbons (Fsp3) is 0.929. The van der Waals surface area contributed by atoms with Gasteiger partial charge in [-0.3, -0.25) is 4.79 Å². The summed E-state index contributed by atoms with van der Waals surface area (Å²) >= 11 is 0. The van der Waals surface area contributed by atoms with E-state index >= 15 is 0 Å². The van der Waals surface area contributed by atoms with E-state index in [1.54, 1.807) is 4.90 Å². The predicted octanol–water partition coefficient (Wildman–Crippen LogP) is 1.54. The van der Waals surface area contributed by atoms with Crippen molar-refractivity contribution in [2.75, 3.05) is 19.6 Å². The Hall–Kier alpha value is -0.820. The molecule has 2 aliphatic rings. The zero-order valence-corrected chi connectivity index (χ0v) is 12.2. The van der Waals surface area contributed by atoms with Crippen LogP contribution in [0.4, 0.5) is 13.2 Å². The number of carbonyl (C=O) groups excluding carboxylic acids is 1. The summed E-state index contributed by atoms with van der Waals surface area (Å²) in [7, 11) is 0. The maximum Gasteiger partial charge on any atom is 0.401 e. The average Bonchev–Trinajstić information content (AvgIpc) is 3.19. The van der Waals surface area contributed by atoms with Gasteiger partial charge in [-0.1, -0.05) is 0 Å². The van der Waals surface area contributed by atoms with Gasteiger partial charge in [0.1, 0.15) is 0 Å². The fourth-order valence-electron chi connectivity index (χ4n) is 3.05. The number of amides is 1. The van der Waals surface area contributed by atoms with E-state index in [9.17, 15) is 23.1 Å². The van der Waals surface area contributed by atoms with Gasteiger partial charge in [-0.25, -0.2) is 0 Å². The first-order valence-corrected chi connectivity index (χ1v) is 7.48. The van der Waals surface area contributed by atoms with Crippen molar-refractivity contribution >= 4 is 5.91 Å². The van der Waals surface area contributed by atoms with Crippen LogP contribution < -0.4 is 5.32 Å². The van der Waals surface area contributed by atoms with Crippen LogP contribution in [0.25, 0.3) is 0 Å². The highest BCUT2D eigenvalue weighted by Crippen LogP contribution is 2.36. The minimum Gasteiger partial charge on any atom is -0.393 e. The van der Waals surface area contributed by atoms with Gasteiger partial charge in [-0.15, -0.1) is 0 Å². The second-order valence-corrected chi connectivity index (χ2v) is 6.36. The number of nitrogens with zero attached hydrogens (tertiary/aromatic N) is 1. The molecule has 0 aromatic rings. The quantitative estimate of drug-likeness (QED) is 0.810. The van der Waals surface area contributed by atoms with Crippen molar-refractivity contribution in [3.05, 3.63) is 0 Å². The van der Waals surface area contributed by atoms with Gasteiger partial charge in [0.25, 0.3) is 0 Å². The molecule has 3 unspecified atom stereocenters. The molecular formula is C14H23F3N2O2. The Labute approximate surface area is 122 Å². The van der Waals surface area contributed by atoms with Crippen LogP contribution in [-0.2, 0) is 4.79 Å². The van der Waals surface area contributed by atoms with Crippen molar-refractivity contribution in [3.63, 3.8) is 0 Å². The molecule has 2 N–H and O–H groups in total. The molecule has 0 aromatic carbocycles. The molecular weight excluding hydrogens is 285 g/mol. The summed E-state index contributed by atoms with van der Waals surface area (Å²) in [6.07, 6.45) is -1.44. The second kappa shape index (κ2) is 6.52. The van der Waals surface area contributed by atoms with E-state index in [1.807, 2.05) is 0 Å². The molecule has 21 heavy (non-hydrogen) atoms. The van der Waals surface area contributed by atoms with Crippen molar-refractivity contribution in [2.45, 2.75) is 50.9 Å². The molecule has 122 valence electrons. The van der Waals surface area contributed by atoms with Crippen LogP contribution in [0.2, 0.25) is 0 Å². The summed E-state index contributed by atoms with van der Waals surface area (Å²) in [5.74, 6) is 0.280. The van der Waals surface area contributed by atoms with E-state index in [-0.39, 0.29) is 24.0 Å². The number of aliphatic hydroxyl groups is 1. The largest absolute Gasteiger partial charge is 0.401 e. The molecule has 0 spiro atoms. The summed E-state index contributed by atoms with van der Waals surface area (Å²) in [5, 5.41) is 12.5. The van der Waals surface area contributed by atoms with Gasteiger partial charge in [-0.2, -0.15) is 13.2 Å². The van der Waals surface area contributed by atoms with Crippen LogP contribution in [0.15, 0.2) is 0 Å². The lowest BCUT2D eigenvalue weighted by Gasteiger charge is -2.38. The van der Waals surface area contributed by atoms with Crippen molar-refractivity contribution in [2.24, 2.45) is 11.8 Å². The summed E-state index contributed by atoms with van der Waals surface area (Å²) in [6, 6.07) is -0.360. The van der Waals surface area contributed by atoms with E-state index in [0.29, 0.717) is 31.8 Å². The Kier molecular flexibility index (Phi) is 5.14. The first kappa shape index (κ1) is 16.5. The van der Waals surface area contributed by atoms with Crippen LogP contribution in [0.5, 0.6) is 0 Å². The zero-order chi connectivity index (χ0) is 15.6. The molecule has 1 heterocycles. The lowest BCUT2D eigenvalue weighted by atomic mass is 9.88. The molecule has 7 heteroatoms. The molecule has 1 amide bonds. The normalized spacial score (nSPS) is 28.5. The number of likely N-dealkylation sites (tertiary alicyclic amines) is 1. The average molecular weight is 308 g/mol. The number of aliphatic hydroxyl groups excluding tert-OH is 1. The SMILES string of the molecule is CC(=O)N1CC(CC(O)C2CC2)CC(NCC(F)(F)F)C1. The van der Waals surface area contributed by atoms with E-state index in [4.69, 9.17) is 0 Å². The summed E-state index contributed by atoms with van der Waals surface area (Å²) < 4.78 is 36.9. The smallest absolute Gasteiger partial charge is 0.393 e. The highest BCUT2D eigenvalue weighted by atomic mass is 19.4. The molecule has 1 saturated carbocycles. The third-order valence-corrected chi connectivity index (χ3v) is 4.31. The van der Waals surface area contributed by atoms with Crippen molar-refractivity contribution < 1.29 is 23.1 Å². The van der Waals surface area contributed by atoms with Crippen molar-refractivity contribution in [3.8, 4) is 0 Å². The van der Waals surface area contributed by atoms with Crippen LogP contribution in [0.1, 0.15) is 32.6 Å². The number of hydrogen-bond acceptors (Lipinski definition) is 3. The minimum absolute atomic E-state index is 0.0592. The third-order valence-electron chi connectivity index (χ3n) is 4.31. The Balaban J connectivity index is 1.89. The summed E-state index contributed by atoms with van der Waals surface area (Å²) in [4.78, 5) is 13.1. The monoisotopic (exact) mass is 308 g/mol. The summed E-state index contributed by atoms with van der Waals surface area (Å²) in [6.45, 7) is 1.23. The van der Waals surface area contributed by atoms with Gasteiger partial charge in [0.2, 0.25) is 5.91 Å². The lowest BCUT2D eigenvalue weighted by Crippen LogP contribution is -2.52. The lowest BCUT2D eigenvalue weighted by molar-refractivity contribution is -0.133. The number of hydrogen-bond donors (Lipinski definition) is 2. The van der Waals surface area contributed by atoms with Gasteiger partial charge in [0.05, 0.1) is 12.6 Å². The van der Waals surface area contributed by atoms with Gasteiger partial charge in [-0.05, 0) is 37.5 Å². The molecule has 1 aliphatic heterocycles. The third kappa shape index (κ3) is 5.47. The molecule has 0 aromatic heterocycles. The maximum absolute atomic E-state index is 12.3. The Morgan fingerprint density at radius 2 is 2.05 bits per heavy atom.